The summed E-state index contributed by atoms with van der Waals surface area (Å²) in [5.74, 6) is 0. The molecule has 0 bridgehead atoms. The minimum Gasteiger partial charge on any atom is -0.291 e. The first-order chi connectivity index (χ1) is 7.31. The van der Waals surface area contributed by atoms with Gasteiger partial charge in [-0.3, -0.25) is 10.7 Å². The fourth-order valence-electron chi connectivity index (χ4n) is 1.55. The third-order valence-corrected chi connectivity index (χ3v) is 2.47. The second-order valence-corrected chi connectivity index (χ2v) is 3.51. The van der Waals surface area contributed by atoms with E-state index in [0.29, 0.717) is 0 Å². The predicted octanol–water partition coefficient (Wildman–Crippen LogP) is 3.46. The average Bonchev–Trinajstić information content (AvgIpc) is 2.31. The fraction of sp³-hybridized carbons (Fsp3) is 0.0769. The van der Waals surface area contributed by atoms with Gasteiger partial charge in [0.05, 0.1) is 5.69 Å². The van der Waals surface area contributed by atoms with Crippen LogP contribution in [0, 0.1) is 6.92 Å². The third-order valence-electron chi connectivity index (χ3n) is 2.47. The van der Waals surface area contributed by atoms with Crippen molar-refractivity contribution in [2.45, 2.75) is 6.92 Å². The summed E-state index contributed by atoms with van der Waals surface area (Å²) in [6.07, 6.45) is 0. The van der Waals surface area contributed by atoms with Crippen LogP contribution in [0.4, 0.5) is 5.69 Å². The molecule has 0 unspecified atom stereocenters. The van der Waals surface area contributed by atoms with E-state index in [0.717, 1.165) is 22.4 Å². The molecule has 2 aromatic carbocycles. The van der Waals surface area contributed by atoms with Crippen molar-refractivity contribution in [3.05, 3.63) is 54.1 Å². The summed E-state index contributed by atoms with van der Waals surface area (Å²) >= 11 is 0. The van der Waals surface area contributed by atoms with E-state index in [2.05, 4.69) is 5.48 Å². The molecule has 2 nitrogen and oxygen atoms in total. The molecule has 0 amide bonds. The second-order valence-electron chi connectivity index (χ2n) is 3.51. The van der Waals surface area contributed by atoms with E-state index in [-0.39, 0.29) is 0 Å². The lowest BCUT2D eigenvalue weighted by atomic mass is 10.0. The van der Waals surface area contributed by atoms with Crippen LogP contribution in [0.2, 0.25) is 0 Å². The molecule has 0 heterocycles. The Balaban J connectivity index is 2.46. The molecule has 0 aliphatic heterocycles. The lowest BCUT2D eigenvalue weighted by Crippen LogP contribution is -1.92. The number of benzene rings is 2. The smallest absolute Gasteiger partial charge is 0.0637 e. The Hall–Kier alpha value is -1.80. The molecule has 0 atom stereocenters. The van der Waals surface area contributed by atoms with Crippen molar-refractivity contribution in [1.82, 2.24) is 0 Å². The molecule has 0 radical (unpaired) electrons. The normalized spacial score (nSPS) is 10.0. The zero-order valence-corrected chi connectivity index (χ0v) is 8.57. The van der Waals surface area contributed by atoms with Gasteiger partial charge in [-0.1, -0.05) is 42.5 Å². The van der Waals surface area contributed by atoms with Crippen molar-refractivity contribution in [3.63, 3.8) is 0 Å². The van der Waals surface area contributed by atoms with Crippen molar-refractivity contribution >= 4 is 5.69 Å². The molecular formula is C13H13NO. The topological polar surface area (TPSA) is 32.3 Å². The summed E-state index contributed by atoms with van der Waals surface area (Å²) in [5.41, 5.74) is 6.22. The number of hydrogen-bond donors (Lipinski definition) is 2. The van der Waals surface area contributed by atoms with Gasteiger partial charge in [0.2, 0.25) is 0 Å². The molecule has 0 aliphatic rings. The molecule has 0 fully saturated rings. The lowest BCUT2D eigenvalue weighted by Gasteiger charge is -2.07. The van der Waals surface area contributed by atoms with Gasteiger partial charge in [-0.05, 0) is 29.7 Å². The van der Waals surface area contributed by atoms with Gasteiger partial charge in [-0.15, -0.1) is 0 Å². The van der Waals surface area contributed by atoms with Crippen molar-refractivity contribution in [1.29, 1.82) is 0 Å². The first-order valence-corrected chi connectivity index (χ1v) is 4.87. The van der Waals surface area contributed by atoms with Crippen molar-refractivity contribution in [2.75, 3.05) is 5.48 Å². The van der Waals surface area contributed by atoms with Crippen LogP contribution in [0.25, 0.3) is 11.1 Å². The molecule has 0 saturated heterocycles. The number of rotatable bonds is 2. The standard InChI is InChI=1S/C13H13NO/c1-10-7-8-12(9-13(10)14-15)11-5-3-2-4-6-11/h2-9,14-15H,1H3. The Morgan fingerprint density at radius 1 is 0.933 bits per heavy atom. The SMILES string of the molecule is Cc1ccc(-c2ccccc2)cc1NO. The zero-order valence-electron chi connectivity index (χ0n) is 8.57. The van der Waals surface area contributed by atoms with Crippen molar-refractivity contribution in [2.24, 2.45) is 0 Å². The molecule has 2 rings (SSSR count). The van der Waals surface area contributed by atoms with Gasteiger partial charge in [0.1, 0.15) is 0 Å². The fourth-order valence-corrected chi connectivity index (χ4v) is 1.55. The number of anilines is 1. The molecule has 2 heteroatoms. The summed E-state index contributed by atoms with van der Waals surface area (Å²) in [6.45, 7) is 1.95. The summed E-state index contributed by atoms with van der Waals surface area (Å²) < 4.78 is 0. The number of hydrogen-bond acceptors (Lipinski definition) is 2. The van der Waals surface area contributed by atoms with Crippen LogP contribution < -0.4 is 5.48 Å². The van der Waals surface area contributed by atoms with Crippen LogP contribution >= 0.6 is 0 Å². The monoisotopic (exact) mass is 199 g/mol. The average molecular weight is 199 g/mol. The number of nitrogens with one attached hydrogen (secondary N) is 1. The summed E-state index contributed by atoms with van der Waals surface area (Å²) in [4.78, 5) is 0. The highest BCUT2D eigenvalue weighted by Crippen LogP contribution is 2.24. The maximum absolute atomic E-state index is 8.94. The highest BCUT2D eigenvalue weighted by molar-refractivity contribution is 5.69. The Morgan fingerprint density at radius 2 is 1.67 bits per heavy atom. The molecular weight excluding hydrogens is 186 g/mol. The molecule has 2 aromatic rings. The van der Waals surface area contributed by atoms with Crippen LogP contribution in [0.5, 0.6) is 0 Å². The van der Waals surface area contributed by atoms with Gasteiger partial charge in [0.15, 0.2) is 0 Å². The van der Waals surface area contributed by atoms with Crippen LogP contribution in [0.1, 0.15) is 5.56 Å². The second kappa shape index (κ2) is 4.15. The highest BCUT2D eigenvalue weighted by Gasteiger charge is 2.00. The van der Waals surface area contributed by atoms with E-state index in [4.69, 9.17) is 5.21 Å². The van der Waals surface area contributed by atoms with Crippen LogP contribution in [0.15, 0.2) is 48.5 Å². The van der Waals surface area contributed by atoms with E-state index in [9.17, 15) is 0 Å². The third kappa shape index (κ3) is 2.00. The Morgan fingerprint density at radius 3 is 2.33 bits per heavy atom. The van der Waals surface area contributed by atoms with Gasteiger partial charge in [-0.2, -0.15) is 0 Å². The largest absolute Gasteiger partial charge is 0.291 e. The van der Waals surface area contributed by atoms with Gasteiger partial charge in [0.25, 0.3) is 0 Å². The summed E-state index contributed by atoms with van der Waals surface area (Å²) in [7, 11) is 0. The summed E-state index contributed by atoms with van der Waals surface area (Å²) in [5, 5.41) is 8.94. The van der Waals surface area contributed by atoms with Gasteiger partial charge in [-0.25, -0.2) is 0 Å². The quantitative estimate of drug-likeness (QED) is 0.726. The zero-order chi connectivity index (χ0) is 10.7. The Kier molecular flexibility index (Phi) is 2.70. The molecule has 76 valence electrons. The minimum atomic E-state index is 0.747. The summed E-state index contributed by atoms with van der Waals surface area (Å²) in [6, 6.07) is 16.1. The number of aryl methyl sites for hydroxylation is 1. The lowest BCUT2D eigenvalue weighted by molar-refractivity contribution is 0.388. The first kappa shape index (κ1) is 9.74. The van der Waals surface area contributed by atoms with E-state index >= 15 is 0 Å². The Bertz CT molecular complexity index is 451. The first-order valence-electron chi connectivity index (χ1n) is 4.87. The van der Waals surface area contributed by atoms with Gasteiger partial charge < -0.3 is 0 Å². The van der Waals surface area contributed by atoms with E-state index in [1.54, 1.807) is 0 Å². The van der Waals surface area contributed by atoms with Crippen LogP contribution in [0.3, 0.4) is 0 Å². The minimum absolute atomic E-state index is 0.747. The van der Waals surface area contributed by atoms with Gasteiger partial charge >= 0.3 is 0 Å². The van der Waals surface area contributed by atoms with E-state index in [1.807, 2.05) is 55.5 Å². The Labute approximate surface area is 89.2 Å². The highest BCUT2D eigenvalue weighted by atomic mass is 16.5. The van der Waals surface area contributed by atoms with Crippen LogP contribution in [-0.4, -0.2) is 5.21 Å². The van der Waals surface area contributed by atoms with Crippen molar-refractivity contribution < 1.29 is 5.21 Å². The molecule has 0 aliphatic carbocycles. The predicted molar refractivity (Wildman–Crippen MR) is 62.0 cm³/mol. The van der Waals surface area contributed by atoms with Crippen molar-refractivity contribution in [3.8, 4) is 11.1 Å². The molecule has 0 saturated carbocycles. The van der Waals surface area contributed by atoms with Crippen LogP contribution in [-0.2, 0) is 0 Å². The molecule has 15 heavy (non-hydrogen) atoms. The van der Waals surface area contributed by atoms with Gasteiger partial charge in [0, 0.05) is 0 Å². The molecule has 0 aromatic heterocycles. The maximum Gasteiger partial charge on any atom is 0.0637 e. The molecule has 0 spiro atoms. The van der Waals surface area contributed by atoms with E-state index in [1.165, 1.54) is 0 Å². The molecule has 2 N–H and O–H groups in total. The maximum atomic E-state index is 8.94. The van der Waals surface area contributed by atoms with E-state index < -0.39 is 0 Å².